The first-order chi connectivity index (χ1) is 15.1. The van der Waals surface area contributed by atoms with Crippen molar-refractivity contribution in [2.75, 3.05) is 37.5 Å². The van der Waals surface area contributed by atoms with E-state index in [1.165, 1.54) is 16.8 Å². The third-order valence-corrected chi connectivity index (χ3v) is 6.10. The van der Waals surface area contributed by atoms with Crippen LogP contribution in [0.15, 0.2) is 34.7 Å². The maximum absolute atomic E-state index is 13.0. The van der Waals surface area contributed by atoms with E-state index >= 15 is 0 Å². The first-order valence-corrected chi connectivity index (χ1v) is 10.5. The Morgan fingerprint density at radius 1 is 1.03 bits per heavy atom. The van der Waals surface area contributed by atoms with E-state index in [-0.39, 0.29) is 11.1 Å². The Balaban J connectivity index is 1.55. The number of hydrogen-bond donors (Lipinski definition) is 2. The highest BCUT2D eigenvalue weighted by atomic mass is 16.5. The number of carbonyl (C=O) groups excluding carboxylic acids is 1. The lowest BCUT2D eigenvalue weighted by Crippen LogP contribution is -2.34. The Bertz CT molecular complexity index is 1220. The van der Waals surface area contributed by atoms with Gasteiger partial charge in [-0.15, -0.1) is 0 Å². The van der Waals surface area contributed by atoms with E-state index in [0.717, 1.165) is 49.7 Å². The zero-order valence-electron chi connectivity index (χ0n) is 17.7. The molecule has 0 radical (unpaired) electrons. The average Bonchev–Trinajstić information content (AvgIpc) is 2.79. The summed E-state index contributed by atoms with van der Waals surface area (Å²) in [5.41, 5.74) is 5.09. The molecule has 2 aliphatic rings. The van der Waals surface area contributed by atoms with Crippen molar-refractivity contribution >= 4 is 28.3 Å². The molecule has 0 saturated carbocycles. The summed E-state index contributed by atoms with van der Waals surface area (Å²) in [6.07, 6.45) is 4.18. The standard InChI is InChI=1S/C24H25N3O4/c1-29-17-11-16(12-18(13-17)30-2)26-24(28)20-10-15-9-14-5-3-7-27-8-4-6-19(21(14)27)22(15)31-23(20)25/h9-13,25H,3-8H2,1-2H3,(H,26,28). The third kappa shape index (κ3) is 3.40. The van der Waals surface area contributed by atoms with Crippen molar-refractivity contribution in [1.29, 1.82) is 5.41 Å². The molecular weight excluding hydrogens is 394 g/mol. The number of nitrogens with zero attached hydrogens (tertiary/aromatic N) is 1. The van der Waals surface area contributed by atoms with Gasteiger partial charge in [0.25, 0.3) is 5.91 Å². The lowest BCUT2D eigenvalue weighted by atomic mass is 9.90. The summed E-state index contributed by atoms with van der Waals surface area (Å²) in [5, 5.41) is 12.1. The number of rotatable bonds is 4. The Labute approximate surface area is 180 Å². The van der Waals surface area contributed by atoms with Crippen LogP contribution in [0.5, 0.6) is 11.5 Å². The number of methoxy groups -OCH3 is 2. The van der Waals surface area contributed by atoms with Gasteiger partial charge < -0.3 is 24.1 Å². The molecule has 0 fully saturated rings. The van der Waals surface area contributed by atoms with Gasteiger partial charge in [-0.25, -0.2) is 0 Å². The summed E-state index contributed by atoms with van der Waals surface area (Å²) in [7, 11) is 3.11. The minimum atomic E-state index is -0.404. The van der Waals surface area contributed by atoms with E-state index in [1.54, 1.807) is 38.5 Å². The van der Waals surface area contributed by atoms with Gasteiger partial charge in [0.15, 0.2) is 0 Å². The van der Waals surface area contributed by atoms with Gasteiger partial charge in [0.2, 0.25) is 5.55 Å². The van der Waals surface area contributed by atoms with E-state index in [0.29, 0.717) is 17.2 Å². The minimum absolute atomic E-state index is 0.135. The highest BCUT2D eigenvalue weighted by Crippen LogP contribution is 2.39. The molecule has 5 rings (SSSR count). The molecule has 2 aliphatic heterocycles. The number of amides is 1. The second-order valence-corrected chi connectivity index (χ2v) is 8.02. The maximum atomic E-state index is 13.0. The summed E-state index contributed by atoms with van der Waals surface area (Å²) in [5.74, 6) is 0.734. The van der Waals surface area contributed by atoms with Gasteiger partial charge in [-0.05, 0) is 43.4 Å². The van der Waals surface area contributed by atoms with Crippen molar-refractivity contribution in [3.05, 3.63) is 52.6 Å². The zero-order valence-corrected chi connectivity index (χ0v) is 17.7. The summed E-state index contributed by atoms with van der Waals surface area (Å²) < 4.78 is 16.5. The van der Waals surface area contributed by atoms with Crippen LogP contribution in [0.25, 0.3) is 11.0 Å². The van der Waals surface area contributed by atoms with Gasteiger partial charge in [0.1, 0.15) is 22.6 Å². The molecule has 0 atom stereocenters. The molecule has 2 N–H and O–H groups in total. The van der Waals surface area contributed by atoms with Gasteiger partial charge >= 0.3 is 0 Å². The van der Waals surface area contributed by atoms with Crippen LogP contribution >= 0.6 is 0 Å². The lowest BCUT2D eigenvalue weighted by molar-refractivity contribution is 0.102. The molecule has 0 aliphatic carbocycles. The monoisotopic (exact) mass is 419 g/mol. The molecule has 0 unspecified atom stereocenters. The Morgan fingerprint density at radius 3 is 2.45 bits per heavy atom. The topological polar surface area (TPSA) is 87.8 Å². The van der Waals surface area contributed by atoms with E-state index < -0.39 is 5.91 Å². The number of aryl methyl sites for hydroxylation is 2. The van der Waals surface area contributed by atoms with Crippen molar-refractivity contribution in [2.24, 2.45) is 0 Å². The van der Waals surface area contributed by atoms with E-state index in [2.05, 4.69) is 16.3 Å². The summed E-state index contributed by atoms with van der Waals surface area (Å²) >= 11 is 0. The normalized spacial score (nSPS) is 14.8. The van der Waals surface area contributed by atoms with E-state index in [1.807, 2.05) is 0 Å². The molecule has 1 aromatic heterocycles. The lowest BCUT2D eigenvalue weighted by Gasteiger charge is -2.37. The first kappa shape index (κ1) is 19.5. The van der Waals surface area contributed by atoms with Crippen molar-refractivity contribution in [2.45, 2.75) is 25.7 Å². The second kappa shape index (κ2) is 7.65. The molecule has 0 saturated heterocycles. The van der Waals surface area contributed by atoms with Crippen LogP contribution < -0.4 is 25.2 Å². The molecule has 3 aromatic rings. The Kier molecular flexibility index (Phi) is 4.81. The van der Waals surface area contributed by atoms with Crippen molar-refractivity contribution in [3.8, 4) is 11.5 Å². The highest BCUT2D eigenvalue weighted by Gasteiger charge is 2.27. The molecule has 7 heteroatoms. The molecular formula is C24H25N3O4. The molecule has 0 bridgehead atoms. The van der Waals surface area contributed by atoms with Gasteiger partial charge in [-0.2, -0.15) is 0 Å². The molecule has 31 heavy (non-hydrogen) atoms. The predicted octanol–water partition coefficient (Wildman–Crippen LogP) is 3.88. The highest BCUT2D eigenvalue weighted by molar-refractivity contribution is 6.06. The molecule has 7 nitrogen and oxygen atoms in total. The zero-order chi connectivity index (χ0) is 21.5. The van der Waals surface area contributed by atoms with Crippen molar-refractivity contribution in [1.82, 2.24) is 0 Å². The smallest absolute Gasteiger partial charge is 0.261 e. The van der Waals surface area contributed by atoms with Crippen LogP contribution in [-0.2, 0) is 12.8 Å². The molecule has 1 amide bonds. The number of ether oxygens (including phenoxy) is 2. The summed E-state index contributed by atoms with van der Waals surface area (Å²) in [4.78, 5) is 15.4. The number of benzene rings is 2. The van der Waals surface area contributed by atoms with Crippen LogP contribution in [-0.4, -0.2) is 33.2 Å². The van der Waals surface area contributed by atoms with Crippen molar-refractivity contribution in [3.63, 3.8) is 0 Å². The second-order valence-electron chi connectivity index (χ2n) is 8.02. The Morgan fingerprint density at radius 2 is 1.74 bits per heavy atom. The largest absolute Gasteiger partial charge is 0.497 e. The van der Waals surface area contributed by atoms with Crippen molar-refractivity contribution < 1.29 is 18.7 Å². The predicted molar refractivity (Wildman–Crippen MR) is 118 cm³/mol. The fraction of sp³-hybridized carbons (Fsp3) is 0.333. The van der Waals surface area contributed by atoms with Gasteiger partial charge in [-0.1, -0.05) is 0 Å². The van der Waals surface area contributed by atoms with Gasteiger partial charge in [0.05, 0.1) is 14.2 Å². The van der Waals surface area contributed by atoms with E-state index in [4.69, 9.17) is 19.3 Å². The fourth-order valence-electron chi connectivity index (χ4n) is 4.71. The molecule has 160 valence electrons. The number of anilines is 2. The maximum Gasteiger partial charge on any atom is 0.261 e. The van der Waals surface area contributed by atoms with Gasteiger partial charge in [-0.3, -0.25) is 10.2 Å². The number of hydrogen-bond acceptors (Lipinski definition) is 6. The minimum Gasteiger partial charge on any atom is -0.497 e. The van der Waals surface area contributed by atoms with Crippen LogP contribution in [0.2, 0.25) is 0 Å². The average molecular weight is 419 g/mol. The van der Waals surface area contributed by atoms with Crippen LogP contribution in [0, 0.1) is 5.41 Å². The Hall–Kier alpha value is -3.48. The summed E-state index contributed by atoms with van der Waals surface area (Å²) in [6.45, 7) is 2.15. The summed E-state index contributed by atoms with van der Waals surface area (Å²) in [6, 6.07) is 9.04. The molecule has 3 heterocycles. The van der Waals surface area contributed by atoms with Crippen LogP contribution in [0.1, 0.15) is 34.3 Å². The fourth-order valence-corrected chi connectivity index (χ4v) is 4.71. The third-order valence-electron chi connectivity index (χ3n) is 6.10. The number of nitrogens with one attached hydrogen (secondary N) is 2. The number of fused-ring (bicyclic) bond motifs is 2. The van der Waals surface area contributed by atoms with Crippen LogP contribution in [0.4, 0.5) is 11.4 Å². The SMILES string of the molecule is COc1cc(NC(=O)c2cc3cc4c5c(c3oc2=N)CCCN5CCC4)cc(OC)c1. The van der Waals surface area contributed by atoms with Gasteiger partial charge in [0, 0.05) is 53.6 Å². The van der Waals surface area contributed by atoms with E-state index in [9.17, 15) is 4.79 Å². The number of carbonyl (C=O) groups is 1. The molecule has 2 aromatic carbocycles. The molecule has 0 spiro atoms. The van der Waals surface area contributed by atoms with Crippen LogP contribution in [0.3, 0.4) is 0 Å². The quantitative estimate of drug-likeness (QED) is 0.670. The first-order valence-electron chi connectivity index (χ1n) is 10.5.